The van der Waals surface area contributed by atoms with E-state index in [1.54, 1.807) is 26.2 Å². The van der Waals surface area contributed by atoms with Gasteiger partial charge in [-0.3, -0.25) is 4.79 Å². The molecule has 0 aliphatic rings. The van der Waals surface area contributed by atoms with Crippen LogP contribution in [0.2, 0.25) is 0 Å². The molecule has 0 aliphatic carbocycles. The number of benzene rings is 1. The molecule has 0 amide bonds. The smallest absolute Gasteiger partial charge is 0.303 e. The third kappa shape index (κ3) is 4.11. The Kier molecular flexibility index (Phi) is 6.29. The molecule has 0 saturated heterocycles. The van der Waals surface area contributed by atoms with Crippen molar-refractivity contribution >= 4 is 21.9 Å². The van der Waals surface area contributed by atoms with Crippen molar-refractivity contribution in [3.63, 3.8) is 0 Å². The Bertz CT molecular complexity index is 475. The van der Waals surface area contributed by atoms with Crippen molar-refractivity contribution < 1.29 is 24.5 Å². The number of carboxylic acids is 1. The second-order valence-corrected chi connectivity index (χ2v) is 5.45. The Morgan fingerprint density at radius 3 is 2.50 bits per heavy atom. The number of aliphatic carboxylic acids is 1. The van der Waals surface area contributed by atoms with Crippen molar-refractivity contribution in [2.24, 2.45) is 5.92 Å². The number of ether oxygens (including phenoxy) is 2. The maximum atomic E-state index is 10.7. The fourth-order valence-electron chi connectivity index (χ4n) is 2.07. The molecule has 0 saturated carbocycles. The van der Waals surface area contributed by atoms with Gasteiger partial charge in [0, 0.05) is 12.0 Å². The average Bonchev–Trinajstić information content (AvgIpc) is 2.36. The molecule has 5 nitrogen and oxygen atoms in total. The monoisotopic (exact) mass is 346 g/mol. The van der Waals surface area contributed by atoms with Gasteiger partial charge >= 0.3 is 5.97 Å². The maximum Gasteiger partial charge on any atom is 0.303 e. The van der Waals surface area contributed by atoms with Gasteiger partial charge in [0.1, 0.15) is 16.0 Å². The van der Waals surface area contributed by atoms with Crippen LogP contribution in [0.15, 0.2) is 16.6 Å². The standard InChI is InChI=1S/C14H19BrO5/c1-8(7-12(17)18)6-10(16)9-4-5-11(19-2)13(15)14(9)20-3/h4-5,8,10,16H,6-7H2,1-3H3,(H,17,18). The summed E-state index contributed by atoms with van der Waals surface area (Å²) in [4.78, 5) is 10.7. The van der Waals surface area contributed by atoms with Crippen molar-refractivity contribution in [2.45, 2.75) is 25.9 Å². The van der Waals surface area contributed by atoms with Gasteiger partial charge in [-0.05, 0) is 40.4 Å². The van der Waals surface area contributed by atoms with E-state index in [0.717, 1.165) is 0 Å². The Balaban J connectivity index is 2.95. The van der Waals surface area contributed by atoms with Crippen molar-refractivity contribution in [3.8, 4) is 11.5 Å². The minimum Gasteiger partial charge on any atom is -0.495 e. The first-order valence-corrected chi connectivity index (χ1v) is 7.00. The van der Waals surface area contributed by atoms with E-state index in [0.29, 0.717) is 28.0 Å². The molecule has 2 unspecified atom stereocenters. The number of carboxylic acid groups (broad SMARTS) is 1. The van der Waals surface area contributed by atoms with Crippen LogP contribution in [0.4, 0.5) is 0 Å². The van der Waals surface area contributed by atoms with Crippen LogP contribution in [0.3, 0.4) is 0 Å². The van der Waals surface area contributed by atoms with Gasteiger partial charge in [-0.15, -0.1) is 0 Å². The molecule has 0 aliphatic heterocycles. The largest absolute Gasteiger partial charge is 0.495 e. The van der Waals surface area contributed by atoms with Crippen LogP contribution in [0.1, 0.15) is 31.4 Å². The normalized spacial score (nSPS) is 13.7. The van der Waals surface area contributed by atoms with Gasteiger partial charge in [-0.2, -0.15) is 0 Å². The van der Waals surface area contributed by atoms with Crippen LogP contribution >= 0.6 is 15.9 Å². The third-order valence-corrected chi connectivity index (χ3v) is 3.77. The minimum absolute atomic E-state index is 0.0245. The van der Waals surface area contributed by atoms with E-state index in [1.165, 1.54) is 7.11 Å². The van der Waals surface area contributed by atoms with Crippen LogP contribution in [0.5, 0.6) is 11.5 Å². The van der Waals surface area contributed by atoms with Gasteiger partial charge in [-0.1, -0.05) is 6.92 Å². The summed E-state index contributed by atoms with van der Waals surface area (Å²) in [7, 11) is 3.06. The van der Waals surface area contributed by atoms with E-state index in [9.17, 15) is 9.90 Å². The van der Waals surface area contributed by atoms with Crippen LogP contribution in [-0.2, 0) is 4.79 Å². The van der Waals surface area contributed by atoms with Gasteiger partial charge in [0.15, 0.2) is 0 Å². The number of aliphatic hydroxyl groups is 1. The molecule has 0 spiro atoms. The molecule has 20 heavy (non-hydrogen) atoms. The Morgan fingerprint density at radius 1 is 1.35 bits per heavy atom. The lowest BCUT2D eigenvalue weighted by atomic mass is 9.95. The molecule has 0 radical (unpaired) electrons. The van der Waals surface area contributed by atoms with E-state index in [2.05, 4.69) is 15.9 Å². The summed E-state index contributed by atoms with van der Waals surface area (Å²) >= 11 is 3.37. The number of carbonyl (C=O) groups is 1. The lowest BCUT2D eigenvalue weighted by molar-refractivity contribution is -0.138. The molecule has 0 heterocycles. The molecule has 2 N–H and O–H groups in total. The molecule has 112 valence electrons. The van der Waals surface area contributed by atoms with Gasteiger partial charge in [0.25, 0.3) is 0 Å². The summed E-state index contributed by atoms with van der Waals surface area (Å²) in [6, 6.07) is 3.45. The number of hydrogen-bond acceptors (Lipinski definition) is 4. The number of halogens is 1. The predicted molar refractivity (Wildman–Crippen MR) is 78.2 cm³/mol. The maximum absolute atomic E-state index is 10.7. The highest BCUT2D eigenvalue weighted by Gasteiger charge is 2.21. The summed E-state index contributed by atoms with van der Waals surface area (Å²) in [6.45, 7) is 1.79. The highest BCUT2D eigenvalue weighted by atomic mass is 79.9. The Hall–Kier alpha value is -1.27. The van der Waals surface area contributed by atoms with Crippen LogP contribution in [0, 0.1) is 5.92 Å². The predicted octanol–water partition coefficient (Wildman–Crippen LogP) is 3.00. The zero-order chi connectivity index (χ0) is 15.3. The molecule has 0 bridgehead atoms. The second kappa shape index (κ2) is 7.50. The molecule has 0 aromatic heterocycles. The zero-order valence-corrected chi connectivity index (χ0v) is 13.3. The number of methoxy groups -OCH3 is 2. The highest BCUT2D eigenvalue weighted by Crippen LogP contribution is 2.41. The number of aliphatic hydroxyl groups excluding tert-OH is 1. The lowest BCUT2D eigenvalue weighted by Crippen LogP contribution is -2.10. The van der Waals surface area contributed by atoms with E-state index in [-0.39, 0.29) is 12.3 Å². The topological polar surface area (TPSA) is 76.0 Å². The van der Waals surface area contributed by atoms with Crippen molar-refractivity contribution in [1.29, 1.82) is 0 Å². The molecular weight excluding hydrogens is 328 g/mol. The fourth-order valence-corrected chi connectivity index (χ4v) is 2.75. The highest BCUT2D eigenvalue weighted by molar-refractivity contribution is 9.10. The number of hydrogen-bond donors (Lipinski definition) is 2. The van der Waals surface area contributed by atoms with E-state index < -0.39 is 12.1 Å². The van der Waals surface area contributed by atoms with Crippen LogP contribution in [0.25, 0.3) is 0 Å². The third-order valence-electron chi connectivity index (χ3n) is 3.02. The number of rotatable bonds is 7. The second-order valence-electron chi connectivity index (χ2n) is 4.66. The molecule has 2 atom stereocenters. The summed E-state index contributed by atoms with van der Waals surface area (Å²) in [5, 5.41) is 19.0. The summed E-state index contributed by atoms with van der Waals surface area (Å²) in [5.41, 5.74) is 0.609. The van der Waals surface area contributed by atoms with Gasteiger partial charge < -0.3 is 19.7 Å². The average molecular weight is 347 g/mol. The van der Waals surface area contributed by atoms with Gasteiger partial charge in [-0.25, -0.2) is 0 Å². The first-order chi connectivity index (χ1) is 9.40. The fraction of sp³-hybridized carbons (Fsp3) is 0.500. The molecule has 1 aromatic carbocycles. The van der Waals surface area contributed by atoms with Gasteiger partial charge in [0.05, 0.1) is 20.3 Å². The minimum atomic E-state index is -0.868. The zero-order valence-electron chi connectivity index (χ0n) is 11.7. The lowest BCUT2D eigenvalue weighted by Gasteiger charge is -2.19. The summed E-state index contributed by atoms with van der Waals surface area (Å²) < 4.78 is 11.1. The SMILES string of the molecule is COc1ccc(C(O)CC(C)CC(=O)O)c(OC)c1Br. The van der Waals surface area contributed by atoms with Crippen molar-refractivity contribution in [2.75, 3.05) is 14.2 Å². The molecule has 0 fully saturated rings. The summed E-state index contributed by atoms with van der Waals surface area (Å²) in [5.74, 6) is 0.108. The van der Waals surface area contributed by atoms with E-state index >= 15 is 0 Å². The quantitative estimate of drug-likeness (QED) is 0.793. The molecule has 1 rings (SSSR count). The Morgan fingerprint density at radius 2 is 2.00 bits per heavy atom. The van der Waals surface area contributed by atoms with Crippen molar-refractivity contribution in [3.05, 3.63) is 22.2 Å². The van der Waals surface area contributed by atoms with Gasteiger partial charge in [0.2, 0.25) is 0 Å². The van der Waals surface area contributed by atoms with Crippen molar-refractivity contribution in [1.82, 2.24) is 0 Å². The molecule has 6 heteroatoms. The van der Waals surface area contributed by atoms with Crippen LogP contribution in [-0.4, -0.2) is 30.4 Å². The van der Waals surface area contributed by atoms with Crippen LogP contribution < -0.4 is 9.47 Å². The first-order valence-electron chi connectivity index (χ1n) is 6.20. The summed E-state index contributed by atoms with van der Waals surface area (Å²) in [6.07, 6.45) is -0.417. The molecule has 1 aromatic rings. The van der Waals surface area contributed by atoms with E-state index in [4.69, 9.17) is 14.6 Å². The molecular formula is C14H19BrO5. The van der Waals surface area contributed by atoms with E-state index in [1.807, 2.05) is 0 Å². The first kappa shape index (κ1) is 16.8. The Labute approximate surface area is 126 Å².